The molecule has 1 saturated heterocycles. The van der Waals surface area contributed by atoms with Gasteiger partial charge in [-0.15, -0.1) is 11.3 Å². The van der Waals surface area contributed by atoms with Crippen molar-refractivity contribution in [2.75, 3.05) is 13.1 Å². The SMILES string of the molecule is CC1CCCN(C(=O)c2csc(-c3cnn(C)c3)n2)C1CNC(=O)OC(C)(C)C. The van der Waals surface area contributed by atoms with Crippen molar-refractivity contribution in [1.29, 1.82) is 0 Å². The number of amides is 2. The van der Waals surface area contributed by atoms with Crippen molar-refractivity contribution in [3.63, 3.8) is 0 Å². The minimum atomic E-state index is -0.554. The third kappa shape index (κ3) is 5.35. The van der Waals surface area contributed by atoms with E-state index < -0.39 is 11.7 Å². The Balaban J connectivity index is 1.70. The van der Waals surface area contributed by atoms with Crippen LogP contribution in [0.25, 0.3) is 10.6 Å². The van der Waals surface area contributed by atoms with E-state index in [1.807, 2.05) is 38.9 Å². The molecule has 2 aromatic heterocycles. The molecule has 0 aliphatic carbocycles. The number of nitrogens with one attached hydrogen (secondary N) is 1. The Morgan fingerprint density at radius 2 is 2.14 bits per heavy atom. The average Bonchev–Trinajstić information content (AvgIpc) is 3.27. The summed E-state index contributed by atoms with van der Waals surface area (Å²) in [5.74, 6) is 0.179. The number of nitrogens with zero attached hydrogens (tertiary/aromatic N) is 4. The van der Waals surface area contributed by atoms with Gasteiger partial charge in [0.05, 0.1) is 12.2 Å². The van der Waals surface area contributed by atoms with Crippen molar-refractivity contribution >= 4 is 23.3 Å². The summed E-state index contributed by atoms with van der Waals surface area (Å²) in [6.45, 7) is 8.61. The van der Waals surface area contributed by atoms with Gasteiger partial charge in [0.15, 0.2) is 0 Å². The van der Waals surface area contributed by atoms with E-state index in [0.29, 0.717) is 18.8 Å². The summed E-state index contributed by atoms with van der Waals surface area (Å²) >= 11 is 1.43. The van der Waals surface area contributed by atoms with Gasteiger partial charge in [-0.3, -0.25) is 9.48 Å². The first-order valence-electron chi connectivity index (χ1n) is 9.86. The zero-order valence-electron chi connectivity index (χ0n) is 17.6. The lowest BCUT2D eigenvalue weighted by molar-refractivity contribution is 0.0405. The van der Waals surface area contributed by atoms with Crippen molar-refractivity contribution in [3.8, 4) is 10.6 Å². The predicted molar refractivity (Wildman–Crippen MR) is 112 cm³/mol. The van der Waals surface area contributed by atoms with E-state index in [1.54, 1.807) is 16.3 Å². The largest absolute Gasteiger partial charge is 0.444 e. The maximum atomic E-state index is 13.2. The number of aryl methyl sites for hydroxylation is 1. The molecule has 0 saturated carbocycles. The Hall–Kier alpha value is -2.42. The second-order valence-electron chi connectivity index (χ2n) is 8.51. The standard InChI is InChI=1S/C20H29N5O3S/c1-13-7-6-8-25(16(13)10-21-19(27)28-20(2,3)4)18(26)15-12-29-17(23-15)14-9-22-24(5)11-14/h9,11-13,16H,6-8,10H2,1-5H3,(H,21,27). The maximum Gasteiger partial charge on any atom is 0.407 e. The monoisotopic (exact) mass is 419 g/mol. The van der Waals surface area contributed by atoms with E-state index in [1.165, 1.54) is 11.3 Å². The zero-order chi connectivity index (χ0) is 21.2. The van der Waals surface area contributed by atoms with Crippen LogP contribution in [0.2, 0.25) is 0 Å². The molecule has 158 valence electrons. The maximum absolute atomic E-state index is 13.2. The molecule has 3 rings (SSSR count). The lowest BCUT2D eigenvalue weighted by atomic mass is 9.90. The fourth-order valence-electron chi connectivity index (χ4n) is 3.50. The Bertz CT molecular complexity index is 870. The van der Waals surface area contributed by atoms with Crippen molar-refractivity contribution in [2.45, 2.75) is 52.2 Å². The predicted octanol–water partition coefficient (Wildman–Crippen LogP) is 3.31. The topological polar surface area (TPSA) is 89.4 Å². The van der Waals surface area contributed by atoms with E-state index in [4.69, 9.17) is 4.74 Å². The van der Waals surface area contributed by atoms with Crippen molar-refractivity contribution in [2.24, 2.45) is 13.0 Å². The summed E-state index contributed by atoms with van der Waals surface area (Å²) in [5, 5.41) is 9.55. The van der Waals surface area contributed by atoms with Gasteiger partial charge < -0.3 is 15.0 Å². The van der Waals surface area contributed by atoms with Crippen LogP contribution in [-0.4, -0.2) is 56.4 Å². The fraction of sp³-hybridized carbons (Fsp3) is 0.600. The highest BCUT2D eigenvalue weighted by Gasteiger charge is 2.34. The quantitative estimate of drug-likeness (QED) is 0.821. The number of rotatable bonds is 4. The van der Waals surface area contributed by atoms with E-state index in [0.717, 1.165) is 23.4 Å². The molecule has 0 radical (unpaired) electrons. The number of hydrogen-bond donors (Lipinski definition) is 1. The molecule has 1 fully saturated rings. The first-order chi connectivity index (χ1) is 13.6. The summed E-state index contributed by atoms with van der Waals surface area (Å²) in [4.78, 5) is 31.6. The summed E-state index contributed by atoms with van der Waals surface area (Å²) in [5.41, 5.74) is 0.776. The zero-order valence-corrected chi connectivity index (χ0v) is 18.5. The lowest BCUT2D eigenvalue weighted by Gasteiger charge is -2.39. The molecule has 3 heterocycles. The van der Waals surface area contributed by atoms with Crippen LogP contribution in [0, 0.1) is 5.92 Å². The van der Waals surface area contributed by atoms with Crippen LogP contribution in [0.15, 0.2) is 17.8 Å². The van der Waals surface area contributed by atoms with Gasteiger partial charge >= 0.3 is 6.09 Å². The van der Waals surface area contributed by atoms with Gasteiger partial charge in [-0.25, -0.2) is 9.78 Å². The Morgan fingerprint density at radius 3 is 2.79 bits per heavy atom. The molecule has 1 aliphatic heterocycles. The number of thiazole rings is 1. The molecule has 0 spiro atoms. The van der Waals surface area contributed by atoms with Gasteiger partial charge in [0, 0.05) is 37.3 Å². The number of hydrogen-bond acceptors (Lipinski definition) is 6. The number of alkyl carbamates (subject to hydrolysis) is 1. The summed E-state index contributed by atoms with van der Waals surface area (Å²) < 4.78 is 7.04. The summed E-state index contributed by atoms with van der Waals surface area (Å²) in [6.07, 6.45) is 5.11. The van der Waals surface area contributed by atoms with Crippen LogP contribution < -0.4 is 5.32 Å². The third-order valence-corrected chi connectivity index (χ3v) is 5.80. The molecule has 2 aromatic rings. The molecular formula is C20H29N5O3S. The van der Waals surface area contributed by atoms with Crippen LogP contribution in [0.1, 0.15) is 51.0 Å². The molecule has 1 aliphatic rings. The Labute approximate surface area is 175 Å². The normalized spacial score (nSPS) is 19.8. The third-order valence-electron chi connectivity index (χ3n) is 4.91. The molecule has 29 heavy (non-hydrogen) atoms. The first-order valence-corrected chi connectivity index (χ1v) is 10.7. The molecule has 9 heteroatoms. The average molecular weight is 420 g/mol. The molecule has 0 aromatic carbocycles. The van der Waals surface area contributed by atoms with E-state index in [9.17, 15) is 9.59 Å². The van der Waals surface area contributed by atoms with Gasteiger partial charge in [-0.1, -0.05) is 6.92 Å². The lowest BCUT2D eigenvalue weighted by Crippen LogP contribution is -2.53. The molecule has 2 atom stereocenters. The fourth-order valence-corrected chi connectivity index (χ4v) is 4.27. The van der Waals surface area contributed by atoms with E-state index in [2.05, 4.69) is 22.3 Å². The van der Waals surface area contributed by atoms with E-state index >= 15 is 0 Å². The van der Waals surface area contributed by atoms with Crippen LogP contribution in [0.3, 0.4) is 0 Å². The minimum Gasteiger partial charge on any atom is -0.444 e. The molecular weight excluding hydrogens is 390 g/mol. The van der Waals surface area contributed by atoms with Crippen molar-refractivity contribution in [1.82, 2.24) is 25.0 Å². The number of carbonyl (C=O) groups excluding carboxylic acids is 2. The van der Waals surface area contributed by atoms with Crippen LogP contribution >= 0.6 is 11.3 Å². The second-order valence-corrected chi connectivity index (χ2v) is 9.37. The molecule has 2 amide bonds. The Kier molecular flexibility index (Phi) is 6.26. The van der Waals surface area contributed by atoms with Crippen molar-refractivity contribution < 1.29 is 14.3 Å². The number of carbonyl (C=O) groups is 2. The van der Waals surface area contributed by atoms with Crippen molar-refractivity contribution in [3.05, 3.63) is 23.5 Å². The molecule has 2 unspecified atom stereocenters. The summed E-state index contributed by atoms with van der Waals surface area (Å²) in [7, 11) is 1.85. The van der Waals surface area contributed by atoms with Gasteiger partial charge in [0.25, 0.3) is 5.91 Å². The van der Waals surface area contributed by atoms with Crippen LogP contribution in [0.5, 0.6) is 0 Å². The highest BCUT2D eigenvalue weighted by Crippen LogP contribution is 2.27. The Morgan fingerprint density at radius 1 is 1.38 bits per heavy atom. The smallest absolute Gasteiger partial charge is 0.407 e. The molecule has 0 bridgehead atoms. The van der Waals surface area contributed by atoms with Crippen LogP contribution in [0.4, 0.5) is 4.79 Å². The molecule has 8 nitrogen and oxygen atoms in total. The number of ether oxygens (including phenoxy) is 1. The highest BCUT2D eigenvalue weighted by atomic mass is 32.1. The van der Waals surface area contributed by atoms with E-state index in [-0.39, 0.29) is 17.9 Å². The second kappa shape index (κ2) is 8.52. The number of aromatic nitrogens is 3. The van der Waals surface area contributed by atoms with Gasteiger partial charge in [0.2, 0.25) is 0 Å². The summed E-state index contributed by atoms with van der Waals surface area (Å²) in [6, 6.07) is -0.0905. The number of piperidine rings is 1. The highest BCUT2D eigenvalue weighted by molar-refractivity contribution is 7.13. The van der Waals surface area contributed by atoms with Gasteiger partial charge in [0.1, 0.15) is 16.3 Å². The molecule has 1 N–H and O–H groups in total. The van der Waals surface area contributed by atoms with Gasteiger partial charge in [-0.05, 0) is 39.5 Å². The first kappa shape index (κ1) is 21.3. The van der Waals surface area contributed by atoms with Crippen LogP contribution in [-0.2, 0) is 11.8 Å². The minimum absolute atomic E-state index is 0.0905. The van der Waals surface area contributed by atoms with Gasteiger partial charge in [-0.2, -0.15) is 5.10 Å². The number of likely N-dealkylation sites (tertiary alicyclic amines) is 1.